The molecule has 0 radical (unpaired) electrons. The van der Waals surface area contributed by atoms with E-state index in [1.807, 2.05) is 35.0 Å². The molecular weight excluding hydrogens is 437 g/mol. The monoisotopic (exact) mass is 449 g/mol. The number of benzene rings is 1. The van der Waals surface area contributed by atoms with Crippen LogP contribution in [0.1, 0.15) is 21.4 Å². The standard InChI is InChI=1S/C20H13Cl2NO3S2/c21-13-6-5-11(9-14(13)22)18(24)16-17(15-4-2-8-28-15)23(20(26)19(16)25)10-12-3-1-7-27-12/h1-9,17,24H,10H2/b18-16-. The summed E-state index contributed by atoms with van der Waals surface area (Å²) in [5, 5.41) is 15.3. The van der Waals surface area contributed by atoms with Crippen LogP contribution < -0.4 is 0 Å². The molecule has 2 aromatic heterocycles. The van der Waals surface area contributed by atoms with Crippen LogP contribution in [-0.4, -0.2) is 21.7 Å². The van der Waals surface area contributed by atoms with Crippen molar-refractivity contribution in [2.45, 2.75) is 12.6 Å². The highest BCUT2D eigenvalue weighted by molar-refractivity contribution is 7.10. The molecule has 1 atom stereocenters. The van der Waals surface area contributed by atoms with Gasteiger partial charge >= 0.3 is 0 Å². The summed E-state index contributed by atoms with van der Waals surface area (Å²) in [5.41, 5.74) is 0.396. The van der Waals surface area contributed by atoms with Gasteiger partial charge in [0.05, 0.1) is 22.2 Å². The molecule has 1 fully saturated rings. The molecule has 142 valence electrons. The molecule has 1 amide bonds. The highest BCUT2D eigenvalue weighted by Crippen LogP contribution is 2.42. The van der Waals surface area contributed by atoms with Crippen LogP contribution in [0.25, 0.3) is 5.76 Å². The third-order valence-electron chi connectivity index (χ3n) is 4.45. The first-order chi connectivity index (χ1) is 13.5. The highest BCUT2D eigenvalue weighted by Gasteiger charge is 2.46. The van der Waals surface area contributed by atoms with Crippen molar-refractivity contribution in [3.8, 4) is 0 Å². The number of nitrogens with zero attached hydrogens (tertiary/aromatic N) is 1. The zero-order valence-corrected chi connectivity index (χ0v) is 17.4. The molecule has 3 heterocycles. The summed E-state index contributed by atoms with van der Waals surface area (Å²) in [6.07, 6.45) is 0. The fraction of sp³-hybridized carbons (Fsp3) is 0.100. The molecule has 0 spiro atoms. The van der Waals surface area contributed by atoms with E-state index in [0.717, 1.165) is 9.75 Å². The van der Waals surface area contributed by atoms with E-state index in [-0.39, 0.29) is 16.4 Å². The number of thiophene rings is 2. The predicted molar refractivity (Wildman–Crippen MR) is 113 cm³/mol. The van der Waals surface area contributed by atoms with Crippen LogP contribution in [0.5, 0.6) is 0 Å². The number of rotatable bonds is 4. The minimum absolute atomic E-state index is 0.0578. The maximum absolute atomic E-state index is 12.9. The van der Waals surface area contributed by atoms with Crippen LogP contribution in [0.2, 0.25) is 10.0 Å². The van der Waals surface area contributed by atoms with Crippen LogP contribution >= 0.6 is 45.9 Å². The van der Waals surface area contributed by atoms with E-state index in [1.165, 1.54) is 33.6 Å². The second-order valence-corrected chi connectivity index (χ2v) is 8.98. The molecule has 0 saturated carbocycles. The summed E-state index contributed by atoms with van der Waals surface area (Å²) in [6, 6.07) is 11.5. The van der Waals surface area contributed by atoms with Gasteiger partial charge in [0.2, 0.25) is 0 Å². The average Bonchev–Trinajstić information content (AvgIpc) is 3.42. The second-order valence-electron chi connectivity index (χ2n) is 6.15. The zero-order chi connectivity index (χ0) is 19.8. The van der Waals surface area contributed by atoms with Crippen LogP contribution in [0.15, 0.2) is 58.8 Å². The van der Waals surface area contributed by atoms with Gasteiger partial charge in [-0.3, -0.25) is 9.59 Å². The van der Waals surface area contributed by atoms with Gasteiger partial charge in [-0.15, -0.1) is 22.7 Å². The SMILES string of the molecule is O=C1C(=O)N(Cc2cccs2)C(c2cccs2)/C1=C(/O)c1ccc(Cl)c(Cl)c1. The van der Waals surface area contributed by atoms with Crippen molar-refractivity contribution in [1.29, 1.82) is 0 Å². The molecule has 4 nitrogen and oxygen atoms in total. The molecule has 1 aromatic carbocycles. The minimum Gasteiger partial charge on any atom is -0.507 e. The number of carbonyl (C=O) groups excluding carboxylic acids is 2. The minimum atomic E-state index is -0.710. The molecule has 1 aliphatic heterocycles. The van der Waals surface area contributed by atoms with E-state index in [4.69, 9.17) is 23.2 Å². The molecular formula is C20H13Cl2NO3S2. The number of amides is 1. The number of hydrogen-bond donors (Lipinski definition) is 1. The Morgan fingerprint density at radius 2 is 1.79 bits per heavy atom. The van der Waals surface area contributed by atoms with Crippen molar-refractivity contribution < 1.29 is 14.7 Å². The van der Waals surface area contributed by atoms with E-state index >= 15 is 0 Å². The molecule has 28 heavy (non-hydrogen) atoms. The van der Waals surface area contributed by atoms with Gasteiger partial charge in [0.1, 0.15) is 11.8 Å². The fourth-order valence-corrected chi connectivity index (χ4v) is 5.00. The van der Waals surface area contributed by atoms with Gasteiger partial charge in [-0.2, -0.15) is 0 Å². The average molecular weight is 450 g/mol. The zero-order valence-electron chi connectivity index (χ0n) is 14.3. The number of aliphatic hydroxyl groups is 1. The molecule has 4 rings (SSSR count). The number of aliphatic hydroxyl groups excluding tert-OH is 1. The van der Waals surface area contributed by atoms with Gasteiger partial charge in [-0.1, -0.05) is 35.3 Å². The van der Waals surface area contributed by atoms with Gasteiger partial charge in [0.15, 0.2) is 0 Å². The van der Waals surface area contributed by atoms with Crippen LogP contribution in [0.3, 0.4) is 0 Å². The Morgan fingerprint density at radius 1 is 1.04 bits per heavy atom. The Kier molecular flexibility index (Phi) is 5.29. The molecule has 8 heteroatoms. The molecule has 0 aliphatic carbocycles. The topological polar surface area (TPSA) is 57.6 Å². The van der Waals surface area contributed by atoms with Gasteiger partial charge < -0.3 is 10.0 Å². The first kappa shape index (κ1) is 19.2. The Balaban J connectivity index is 1.85. The fourth-order valence-electron chi connectivity index (χ4n) is 3.16. The largest absolute Gasteiger partial charge is 0.507 e. The number of halogens is 2. The summed E-state index contributed by atoms with van der Waals surface area (Å²) < 4.78 is 0. The van der Waals surface area contributed by atoms with Crippen molar-refractivity contribution in [2.75, 3.05) is 0 Å². The van der Waals surface area contributed by atoms with Crippen LogP contribution in [0.4, 0.5) is 0 Å². The second kappa shape index (κ2) is 7.72. The van der Waals surface area contributed by atoms with Gasteiger partial charge in [0.25, 0.3) is 11.7 Å². The number of ketones is 1. The third-order valence-corrected chi connectivity index (χ3v) is 6.98. The van der Waals surface area contributed by atoms with Crippen molar-refractivity contribution in [3.05, 3.63) is 84.2 Å². The molecule has 1 unspecified atom stereocenters. The van der Waals surface area contributed by atoms with E-state index in [9.17, 15) is 14.7 Å². The number of Topliss-reactive ketones (excluding diaryl/α,β-unsaturated/α-hetero) is 1. The number of likely N-dealkylation sites (tertiary alicyclic amines) is 1. The molecule has 1 aliphatic rings. The van der Waals surface area contributed by atoms with Gasteiger partial charge in [-0.05, 0) is 41.1 Å². The highest BCUT2D eigenvalue weighted by atomic mass is 35.5. The van der Waals surface area contributed by atoms with Crippen molar-refractivity contribution >= 4 is 63.3 Å². The predicted octanol–water partition coefficient (Wildman–Crippen LogP) is 5.74. The van der Waals surface area contributed by atoms with Crippen molar-refractivity contribution in [2.24, 2.45) is 0 Å². The van der Waals surface area contributed by atoms with E-state index < -0.39 is 17.7 Å². The number of hydrogen-bond acceptors (Lipinski definition) is 5. The summed E-state index contributed by atoms with van der Waals surface area (Å²) in [4.78, 5) is 28.9. The molecule has 1 N–H and O–H groups in total. The lowest BCUT2D eigenvalue weighted by atomic mass is 10.00. The van der Waals surface area contributed by atoms with Crippen molar-refractivity contribution in [3.63, 3.8) is 0 Å². The molecule has 0 bridgehead atoms. The lowest BCUT2D eigenvalue weighted by Crippen LogP contribution is -2.28. The smallest absolute Gasteiger partial charge is 0.296 e. The maximum Gasteiger partial charge on any atom is 0.296 e. The summed E-state index contributed by atoms with van der Waals surface area (Å²) in [6.45, 7) is 0.295. The van der Waals surface area contributed by atoms with Crippen LogP contribution in [-0.2, 0) is 16.1 Å². The van der Waals surface area contributed by atoms with Crippen LogP contribution in [0, 0.1) is 0 Å². The van der Waals surface area contributed by atoms with E-state index in [1.54, 1.807) is 12.1 Å². The Bertz CT molecular complexity index is 1080. The van der Waals surface area contributed by atoms with Gasteiger partial charge in [-0.25, -0.2) is 0 Å². The van der Waals surface area contributed by atoms with E-state index in [0.29, 0.717) is 17.1 Å². The lowest BCUT2D eigenvalue weighted by Gasteiger charge is -2.23. The van der Waals surface area contributed by atoms with E-state index in [2.05, 4.69) is 0 Å². The van der Waals surface area contributed by atoms with Gasteiger partial charge in [0, 0.05) is 15.3 Å². The Hall–Kier alpha value is -2.12. The third kappa shape index (κ3) is 3.37. The Labute approximate surface area is 179 Å². The first-order valence-electron chi connectivity index (χ1n) is 8.27. The first-order valence-corrected chi connectivity index (χ1v) is 10.8. The van der Waals surface area contributed by atoms with Crippen molar-refractivity contribution in [1.82, 2.24) is 4.90 Å². The molecule has 3 aromatic rings. The summed E-state index contributed by atoms with van der Waals surface area (Å²) >= 11 is 15.0. The summed E-state index contributed by atoms with van der Waals surface area (Å²) in [7, 11) is 0. The normalized spacial score (nSPS) is 18.8. The lowest BCUT2D eigenvalue weighted by molar-refractivity contribution is -0.140. The molecule has 1 saturated heterocycles. The Morgan fingerprint density at radius 3 is 2.43 bits per heavy atom. The number of carbonyl (C=O) groups is 2. The maximum atomic E-state index is 12.9. The quantitative estimate of drug-likeness (QED) is 0.313. The summed E-state index contributed by atoms with van der Waals surface area (Å²) in [5.74, 6) is -1.60.